The molecule has 6 nitrogen and oxygen atoms in total. The van der Waals surface area contributed by atoms with Crippen molar-refractivity contribution in [2.45, 2.75) is 26.7 Å². The summed E-state index contributed by atoms with van der Waals surface area (Å²) in [6, 6.07) is 6.29. The molecule has 0 unspecified atom stereocenters. The average molecular weight is 388 g/mol. The number of hydrogen-bond donors (Lipinski definition) is 1. The second-order valence-corrected chi connectivity index (χ2v) is 9.81. The van der Waals surface area contributed by atoms with Crippen molar-refractivity contribution < 1.29 is 13.2 Å². The maximum absolute atomic E-state index is 12.0. The summed E-state index contributed by atoms with van der Waals surface area (Å²) < 4.78 is 29.5. The fourth-order valence-corrected chi connectivity index (χ4v) is 5.45. The van der Waals surface area contributed by atoms with Crippen molar-refractivity contribution in [1.29, 1.82) is 5.26 Å². The number of hydrogen-bond acceptors (Lipinski definition) is 6. The van der Waals surface area contributed by atoms with E-state index in [9.17, 15) is 13.7 Å². The fourth-order valence-electron chi connectivity index (χ4n) is 3.94. The summed E-state index contributed by atoms with van der Waals surface area (Å²) in [7, 11) is -3.13. The molecule has 1 aromatic heterocycles. The third kappa shape index (κ3) is 4.40. The van der Waals surface area contributed by atoms with Gasteiger partial charge in [0.1, 0.15) is 15.9 Å². The summed E-state index contributed by atoms with van der Waals surface area (Å²) >= 11 is 0. The molecule has 0 atom stereocenters. The lowest BCUT2D eigenvalue weighted by atomic mass is 9.82. The van der Waals surface area contributed by atoms with Gasteiger partial charge in [-0.2, -0.15) is 5.26 Å². The predicted octanol–water partition coefficient (Wildman–Crippen LogP) is 2.98. The number of ether oxygens (including phenoxy) is 1. The Morgan fingerprint density at radius 1 is 1.30 bits per heavy atom. The summed E-state index contributed by atoms with van der Waals surface area (Å²) in [5, 5.41) is 13.9. The van der Waals surface area contributed by atoms with Gasteiger partial charge < -0.3 is 10.1 Å². The number of anilines is 1. The molecule has 1 N–H and O–H groups in total. The highest BCUT2D eigenvalue weighted by atomic mass is 32.2. The van der Waals surface area contributed by atoms with Gasteiger partial charge in [0.25, 0.3) is 0 Å². The molecule has 7 heteroatoms. The molecule has 1 aliphatic heterocycles. The van der Waals surface area contributed by atoms with Crippen LogP contribution in [0.15, 0.2) is 18.3 Å². The van der Waals surface area contributed by atoms with Gasteiger partial charge in [-0.15, -0.1) is 0 Å². The van der Waals surface area contributed by atoms with Crippen LogP contribution in [0.3, 0.4) is 0 Å². The Morgan fingerprint density at radius 2 is 2.00 bits per heavy atom. The maximum Gasteiger partial charge on any atom is 0.148 e. The lowest BCUT2D eigenvalue weighted by Crippen LogP contribution is -2.41. The molecule has 1 aromatic carbocycles. The van der Waals surface area contributed by atoms with Gasteiger partial charge in [-0.25, -0.2) is 8.42 Å². The van der Waals surface area contributed by atoms with Crippen molar-refractivity contribution in [2.24, 2.45) is 5.41 Å². The highest BCUT2D eigenvalue weighted by Gasteiger charge is 2.36. The zero-order valence-corrected chi connectivity index (χ0v) is 16.8. The molecule has 1 fully saturated rings. The van der Waals surface area contributed by atoms with E-state index < -0.39 is 15.3 Å². The molecule has 2 heterocycles. The molecule has 144 valence electrons. The van der Waals surface area contributed by atoms with Crippen LogP contribution in [0.5, 0.6) is 0 Å². The summed E-state index contributed by atoms with van der Waals surface area (Å²) in [5.41, 5.74) is 3.80. The van der Waals surface area contributed by atoms with Gasteiger partial charge in [0.15, 0.2) is 0 Å². The Labute approximate surface area is 160 Å². The number of aryl methyl sites for hydroxylation is 2. The molecule has 3 rings (SSSR count). The Kier molecular flexibility index (Phi) is 5.41. The van der Waals surface area contributed by atoms with Gasteiger partial charge >= 0.3 is 0 Å². The van der Waals surface area contributed by atoms with Gasteiger partial charge in [-0.1, -0.05) is 11.6 Å². The second kappa shape index (κ2) is 7.45. The Bertz CT molecular complexity index is 1000. The number of sulfone groups is 1. The predicted molar refractivity (Wildman–Crippen MR) is 107 cm³/mol. The zero-order valence-electron chi connectivity index (χ0n) is 16.0. The number of aromatic nitrogens is 1. The van der Waals surface area contributed by atoms with E-state index in [0.717, 1.165) is 27.7 Å². The number of pyridine rings is 1. The van der Waals surface area contributed by atoms with Crippen molar-refractivity contribution in [1.82, 2.24) is 4.98 Å². The van der Waals surface area contributed by atoms with E-state index in [4.69, 9.17) is 4.74 Å². The number of nitrogens with zero attached hydrogens (tertiary/aromatic N) is 2. The van der Waals surface area contributed by atoms with Crippen LogP contribution < -0.4 is 5.32 Å². The number of benzene rings is 1. The smallest absolute Gasteiger partial charge is 0.148 e. The van der Waals surface area contributed by atoms with E-state index in [0.29, 0.717) is 38.2 Å². The SMILES string of the molecule is Cc1cc(C)c2ncc(C#N)c(NCC3(CS(C)(=O)=O)CCOCC3)c2c1. The highest BCUT2D eigenvalue weighted by Crippen LogP contribution is 2.35. The lowest BCUT2D eigenvalue weighted by molar-refractivity contribution is 0.0315. The highest BCUT2D eigenvalue weighted by molar-refractivity contribution is 7.90. The minimum absolute atomic E-state index is 0.110. The molecule has 0 spiro atoms. The lowest BCUT2D eigenvalue weighted by Gasteiger charge is -2.37. The van der Waals surface area contributed by atoms with Crippen LogP contribution in [0.4, 0.5) is 5.69 Å². The molecule has 0 bridgehead atoms. The van der Waals surface area contributed by atoms with Crippen LogP contribution in [0.2, 0.25) is 0 Å². The Morgan fingerprint density at radius 3 is 2.63 bits per heavy atom. The van der Waals surface area contributed by atoms with E-state index in [1.54, 1.807) is 6.20 Å². The first-order valence-corrected chi connectivity index (χ1v) is 11.1. The van der Waals surface area contributed by atoms with Crippen molar-refractivity contribution in [3.05, 3.63) is 35.0 Å². The molecule has 27 heavy (non-hydrogen) atoms. The van der Waals surface area contributed by atoms with Crippen LogP contribution in [-0.2, 0) is 14.6 Å². The van der Waals surface area contributed by atoms with E-state index >= 15 is 0 Å². The first-order valence-electron chi connectivity index (χ1n) is 9.02. The molecule has 0 aliphatic carbocycles. The number of rotatable bonds is 5. The van der Waals surface area contributed by atoms with E-state index in [2.05, 4.69) is 22.4 Å². The van der Waals surface area contributed by atoms with Crippen molar-refractivity contribution >= 4 is 26.4 Å². The Balaban J connectivity index is 2.01. The average Bonchev–Trinajstić information content (AvgIpc) is 2.58. The van der Waals surface area contributed by atoms with Crippen molar-refractivity contribution in [3.63, 3.8) is 0 Å². The largest absolute Gasteiger partial charge is 0.383 e. The van der Waals surface area contributed by atoms with Crippen molar-refractivity contribution in [2.75, 3.05) is 37.1 Å². The maximum atomic E-state index is 12.0. The minimum Gasteiger partial charge on any atom is -0.383 e. The van der Waals surface area contributed by atoms with Crippen LogP contribution in [0, 0.1) is 30.6 Å². The van der Waals surface area contributed by atoms with Crippen LogP contribution in [-0.4, -0.2) is 45.2 Å². The molecule has 1 aliphatic rings. The topological polar surface area (TPSA) is 92.1 Å². The summed E-state index contributed by atoms with van der Waals surface area (Å²) in [4.78, 5) is 4.45. The fraction of sp³-hybridized carbons (Fsp3) is 0.500. The first-order chi connectivity index (χ1) is 12.7. The minimum atomic E-state index is -3.13. The number of fused-ring (bicyclic) bond motifs is 1. The van der Waals surface area contributed by atoms with Crippen LogP contribution in [0.1, 0.15) is 29.5 Å². The van der Waals surface area contributed by atoms with Gasteiger partial charge in [-0.05, 0) is 38.3 Å². The summed E-state index contributed by atoms with van der Waals surface area (Å²) in [6.45, 7) is 5.60. The van der Waals surface area contributed by atoms with Gasteiger partial charge in [0, 0.05) is 43.0 Å². The Hall–Kier alpha value is -2.17. The third-order valence-electron chi connectivity index (χ3n) is 5.19. The molecule has 0 radical (unpaired) electrons. The van der Waals surface area contributed by atoms with Crippen molar-refractivity contribution in [3.8, 4) is 6.07 Å². The molecule has 0 amide bonds. The van der Waals surface area contributed by atoms with E-state index in [1.807, 2.05) is 19.9 Å². The standard InChI is InChI=1S/C20H25N3O3S/c1-14-8-15(2)18-17(9-14)19(16(10-21)11-22-18)23-12-20(13-27(3,24)25)4-6-26-7-5-20/h8-9,11H,4-7,12-13H2,1-3H3,(H,22,23). The molecule has 1 saturated heterocycles. The van der Waals surface area contributed by atoms with Gasteiger partial charge in [0.2, 0.25) is 0 Å². The van der Waals surface area contributed by atoms with E-state index in [-0.39, 0.29) is 5.75 Å². The molecule has 2 aromatic rings. The van der Waals surface area contributed by atoms with Crippen LogP contribution in [0.25, 0.3) is 10.9 Å². The molecular formula is C20H25N3O3S. The number of nitriles is 1. The van der Waals surface area contributed by atoms with E-state index in [1.165, 1.54) is 6.26 Å². The molecule has 0 saturated carbocycles. The van der Waals surface area contributed by atoms with Crippen LogP contribution >= 0.6 is 0 Å². The van der Waals surface area contributed by atoms with Gasteiger partial charge in [-0.3, -0.25) is 4.98 Å². The van der Waals surface area contributed by atoms with Gasteiger partial charge in [0.05, 0.1) is 22.5 Å². The quantitative estimate of drug-likeness (QED) is 0.848. The zero-order chi connectivity index (χ0) is 19.7. The monoisotopic (exact) mass is 387 g/mol. The second-order valence-electron chi connectivity index (χ2n) is 7.67. The molecular weight excluding hydrogens is 362 g/mol. The summed E-state index contributed by atoms with van der Waals surface area (Å²) in [6.07, 6.45) is 4.21. The normalized spacial score (nSPS) is 16.8. The summed E-state index contributed by atoms with van der Waals surface area (Å²) in [5.74, 6) is 0.110. The third-order valence-corrected chi connectivity index (χ3v) is 6.33. The first kappa shape index (κ1) is 19.6. The number of nitrogens with one attached hydrogen (secondary N) is 1.